The number of pyridine rings is 1. The Morgan fingerprint density at radius 1 is 0.694 bits per heavy atom. The van der Waals surface area contributed by atoms with E-state index in [1.165, 1.54) is 0 Å². The van der Waals surface area contributed by atoms with E-state index in [4.69, 9.17) is 4.74 Å². The Hall–Kier alpha value is -4.71. The first-order valence-electron chi connectivity index (χ1n) is 11.7. The van der Waals surface area contributed by atoms with Crippen LogP contribution in [0.4, 0.5) is 0 Å². The maximum atomic E-state index is 13.2. The van der Waals surface area contributed by atoms with Crippen LogP contribution in [0.15, 0.2) is 115 Å². The Morgan fingerprint density at radius 3 is 1.83 bits per heavy atom. The average molecular weight is 478 g/mol. The third kappa shape index (κ3) is 7.14. The number of benzene rings is 3. The predicted molar refractivity (Wildman–Crippen MR) is 140 cm³/mol. The molecule has 0 atom stereocenters. The molecule has 3 aromatic carbocycles. The number of nitrogens with zero attached hydrogens (tertiary/aromatic N) is 1. The minimum absolute atomic E-state index is 0.00394. The van der Waals surface area contributed by atoms with E-state index in [-0.39, 0.29) is 12.2 Å². The number of rotatable bonds is 10. The van der Waals surface area contributed by atoms with Gasteiger partial charge in [-0.2, -0.15) is 0 Å². The minimum Gasteiger partial charge on any atom is -0.487 e. The van der Waals surface area contributed by atoms with Gasteiger partial charge in [0.25, 0.3) is 11.8 Å². The highest BCUT2D eigenvalue weighted by Crippen LogP contribution is 2.22. The Kier molecular flexibility index (Phi) is 8.59. The lowest BCUT2D eigenvalue weighted by Gasteiger charge is -2.13. The number of ether oxygens (including phenoxy) is 1. The van der Waals surface area contributed by atoms with Gasteiger partial charge >= 0.3 is 0 Å². The van der Waals surface area contributed by atoms with Gasteiger partial charge in [0.15, 0.2) is 0 Å². The highest BCUT2D eigenvalue weighted by atomic mass is 16.5. The molecule has 0 saturated carbocycles. The standard InChI is InChI=1S/C30H27N3O3/c34-29(32-20-23-11-3-1-4-12-23)27(30(35)33-21-24-13-5-2-6-14-24)19-25-15-7-8-17-28(25)36-22-26-16-9-10-18-31-26/h1-19H,20-22H2,(H,32,34)(H,33,35). The van der Waals surface area contributed by atoms with Crippen LogP contribution in [0.5, 0.6) is 5.75 Å². The first-order chi connectivity index (χ1) is 17.7. The second-order valence-corrected chi connectivity index (χ2v) is 8.04. The van der Waals surface area contributed by atoms with Crippen molar-refractivity contribution in [2.24, 2.45) is 0 Å². The first kappa shape index (κ1) is 24.4. The molecule has 0 aliphatic carbocycles. The quantitative estimate of drug-likeness (QED) is 0.198. The SMILES string of the molecule is O=C(NCc1ccccc1)C(=Cc1ccccc1OCc1ccccn1)C(=O)NCc1ccccc1. The number of hydrogen-bond donors (Lipinski definition) is 2. The molecule has 0 aliphatic rings. The third-order valence-corrected chi connectivity index (χ3v) is 5.40. The first-order valence-corrected chi connectivity index (χ1v) is 11.7. The summed E-state index contributed by atoms with van der Waals surface area (Å²) in [6, 6.07) is 32.0. The van der Waals surface area contributed by atoms with Crippen LogP contribution in [0.3, 0.4) is 0 Å². The van der Waals surface area contributed by atoms with Gasteiger partial charge in [-0.05, 0) is 35.4 Å². The summed E-state index contributed by atoms with van der Waals surface area (Å²) in [6.45, 7) is 0.878. The number of carbonyl (C=O) groups excluding carboxylic acids is 2. The number of aromatic nitrogens is 1. The van der Waals surface area contributed by atoms with E-state index in [1.54, 1.807) is 18.3 Å². The van der Waals surface area contributed by atoms with Gasteiger partial charge in [0, 0.05) is 24.8 Å². The van der Waals surface area contributed by atoms with Crippen LogP contribution in [-0.4, -0.2) is 16.8 Å². The van der Waals surface area contributed by atoms with E-state index in [0.29, 0.717) is 24.4 Å². The van der Waals surface area contributed by atoms with Crippen LogP contribution in [-0.2, 0) is 29.3 Å². The fourth-order valence-corrected chi connectivity index (χ4v) is 3.50. The van der Waals surface area contributed by atoms with E-state index in [9.17, 15) is 9.59 Å². The zero-order valence-corrected chi connectivity index (χ0v) is 19.8. The van der Waals surface area contributed by atoms with Gasteiger partial charge in [0.1, 0.15) is 17.9 Å². The summed E-state index contributed by atoms with van der Waals surface area (Å²) in [5.74, 6) is -0.389. The largest absolute Gasteiger partial charge is 0.487 e. The van der Waals surface area contributed by atoms with Gasteiger partial charge in [-0.3, -0.25) is 14.6 Å². The van der Waals surface area contributed by atoms with Crippen LogP contribution >= 0.6 is 0 Å². The predicted octanol–water partition coefficient (Wildman–Crippen LogP) is 4.68. The lowest BCUT2D eigenvalue weighted by molar-refractivity contribution is -0.123. The van der Waals surface area contributed by atoms with E-state index >= 15 is 0 Å². The molecule has 0 radical (unpaired) electrons. The summed E-state index contributed by atoms with van der Waals surface area (Å²) in [5.41, 5.74) is 3.27. The second-order valence-electron chi connectivity index (χ2n) is 8.04. The van der Waals surface area contributed by atoms with Gasteiger partial charge in [-0.25, -0.2) is 0 Å². The molecule has 1 heterocycles. The van der Waals surface area contributed by atoms with Gasteiger partial charge in [-0.1, -0.05) is 84.9 Å². The molecule has 0 fully saturated rings. The summed E-state index contributed by atoms with van der Waals surface area (Å²) >= 11 is 0. The summed E-state index contributed by atoms with van der Waals surface area (Å²) in [7, 11) is 0. The molecular weight excluding hydrogens is 450 g/mol. The van der Waals surface area contributed by atoms with E-state index in [0.717, 1.165) is 16.8 Å². The Labute approximate surface area is 210 Å². The van der Waals surface area contributed by atoms with E-state index in [1.807, 2.05) is 97.1 Å². The molecule has 4 rings (SSSR count). The lowest BCUT2D eigenvalue weighted by Crippen LogP contribution is -2.34. The lowest BCUT2D eigenvalue weighted by atomic mass is 10.1. The van der Waals surface area contributed by atoms with Crippen molar-refractivity contribution >= 4 is 17.9 Å². The molecule has 0 unspecified atom stereocenters. The molecule has 2 N–H and O–H groups in total. The van der Waals surface area contributed by atoms with Crippen molar-refractivity contribution < 1.29 is 14.3 Å². The molecule has 180 valence electrons. The average Bonchev–Trinajstić information content (AvgIpc) is 2.94. The fraction of sp³-hybridized carbons (Fsp3) is 0.100. The molecule has 4 aromatic rings. The molecule has 0 spiro atoms. The van der Waals surface area contributed by atoms with Crippen molar-refractivity contribution in [3.63, 3.8) is 0 Å². The van der Waals surface area contributed by atoms with Crippen LogP contribution in [0.1, 0.15) is 22.4 Å². The molecule has 36 heavy (non-hydrogen) atoms. The number of carbonyl (C=O) groups is 2. The van der Waals surface area contributed by atoms with Gasteiger partial charge < -0.3 is 15.4 Å². The maximum absolute atomic E-state index is 13.2. The normalized spacial score (nSPS) is 10.2. The van der Waals surface area contributed by atoms with Crippen molar-refractivity contribution in [1.82, 2.24) is 15.6 Å². The highest BCUT2D eigenvalue weighted by molar-refractivity contribution is 6.21. The third-order valence-electron chi connectivity index (χ3n) is 5.40. The number of hydrogen-bond acceptors (Lipinski definition) is 4. The van der Waals surface area contributed by atoms with Gasteiger partial charge in [-0.15, -0.1) is 0 Å². The van der Waals surface area contributed by atoms with E-state index in [2.05, 4.69) is 15.6 Å². The molecule has 0 aliphatic heterocycles. The van der Waals surface area contributed by atoms with Crippen molar-refractivity contribution in [2.45, 2.75) is 19.7 Å². The molecule has 2 amide bonds. The summed E-state index contributed by atoms with van der Waals surface area (Å²) in [4.78, 5) is 30.6. The maximum Gasteiger partial charge on any atom is 0.257 e. The molecule has 0 saturated heterocycles. The highest BCUT2D eigenvalue weighted by Gasteiger charge is 2.19. The second kappa shape index (κ2) is 12.7. The Bertz CT molecular complexity index is 1250. The zero-order chi connectivity index (χ0) is 25.0. The topological polar surface area (TPSA) is 80.3 Å². The van der Waals surface area contributed by atoms with Crippen LogP contribution in [0.2, 0.25) is 0 Å². The minimum atomic E-state index is -0.469. The Balaban J connectivity index is 1.55. The van der Waals surface area contributed by atoms with Crippen molar-refractivity contribution in [1.29, 1.82) is 0 Å². The molecule has 1 aromatic heterocycles. The molecular formula is C30H27N3O3. The molecule has 6 nitrogen and oxygen atoms in total. The molecule has 6 heteroatoms. The van der Waals surface area contributed by atoms with Crippen molar-refractivity contribution in [3.05, 3.63) is 137 Å². The smallest absolute Gasteiger partial charge is 0.257 e. The Morgan fingerprint density at radius 2 is 1.25 bits per heavy atom. The van der Waals surface area contributed by atoms with Crippen LogP contribution in [0.25, 0.3) is 6.08 Å². The van der Waals surface area contributed by atoms with Crippen molar-refractivity contribution in [3.8, 4) is 5.75 Å². The number of amides is 2. The zero-order valence-electron chi connectivity index (χ0n) is 19.8. The van der Waals surface area contributed by atoms with Crippen molar-refractivity contribution in [2.75, 3.05) is 0 Å². The van der Waals surface area contributed by atoms with Crippen LogP contribution in [0, 0.1) is 0 Å². The monoisotopic (exact) mass is 477 g/mol. The summed E-state index contributed by atoms with van der Waals surface area (Å²) in [5, 5.41) is 5.71. The summed E-state index contributed by atoms with van der Waals surface area (Å²) < 4.78 is 5.97. The number of para-hydroxylation sites is 1. The molecule has 0 bridgehead atoms. The number of nitrogens with one attached hydrogen (secondary N) is 2. The van der Waals surface area contributed by atoms with Crippen LogP contribution < -0.4 is 15.4 Å². The fourth-order valence-electron chi connectivity index (χ4n) is 3.50. The van der Waals surface area contributed by atoms with Gasteiger partial charge in [0.05, 0.1) is 5.69 Å². The van der Waals surface area contributed by atoms with E-state index < -0.39 is 11.8 Å². The van der Waals surface area contributed by atoms with Gasteiger partial charge in [0.2, 0.25) is 0 Å². The summed E-state index contributed by atoms with van der Waals surface area (Å²) in [6.07, 6.45) is 3.27.